The van der Waals surface area contributed by atoms with Gasteiger partial charge in [0.05, 0.1) is 15.9 Å². The van der Waals surface area contributed by atoms with Crippen LogP contribution in [-0.2, 0) is 0 Å². The highest BCUT2D eigenvalue weighted by Gasteiger charge is 2.20. The van der Waals surface area contributed by atoms with Crippen LogP contribution in [0.5, 0.6) is 0 Å². The number of nitrogens with zero attached hydrogens (tertiary/aromatic N) is 4. The highest BCUT2D eigenvalue weighted by atomic mass is 32.1. The lowest BCUT2D eigenvalue weighted by Crippen LogP contribution is -1.94. The molecule has 68 heavy (non-hydrogen) atoms. The van der Waals surface area contributed by atoms with Crippen molar-refractivity contribution < 1.29 is 4.42 Å². The van der Waals surface area contributed by atoms with Crippen LogP contribution in [0.3, 0.4) is 0 Å². The Hall–Kier alpha value is -8.84. The first-order valence-electron chi connectivity index (χ1n) is 22.7. The van der Waals surface area contributed by atoms with Gasteiger partial charge in [0.15, 0.2) is 17.2 Å². The summed E-state index contributed by atoms with van der Waals surface area (Å²) in [6.07, 6.45) is 0. The first-order chi connectivity index (χ1) is 33.7. The van der Waals surface area contributed by atoms with Gasteiger partial charge in [0, 0.05) is 37.7 Å². The van der Waals surface area contributed by atoms with Crippen LogP contribution in [0, 0.1) is 0 Å². The lowest BCUT2D eigenvalue weighted by atomic mass is 9.96. The molecular weight excluding hydrogens is 849 g/mol. The molecule has 0 aliphatic carbocycles. The maximum absolute atomic E-state index is 6.47. The van der Waals surface area contributed by atoms with Crippen molar-refractivity contribution in [1.29, 1.82) is 0 Å². The molecule has 13 aromatic rings. The van der Waals surface area contributed by atoms with Crippen molar-refractivity contribution in [3.63, 3.8) is 0 Å². The summed E-state index contributed by atoms with van der Waals surface area (Å²) in [5.41, 5.74) is 17.8. The Balaban J connectivity index is 0.864. The molecule has 0 aliphatic heterocycles. The summed E-state index contributed by atoms with van der Waals surface area (Å²) in [6.45, 7) is 0. The number of benzene rings is 9. The van der Waals surface area contributed by atoms with Crippen LogP contribution in [0.2, 0.25) is 0 Å². The molecule has 5 nitrogen and oxygen atoms in total. The van der Waals surface area contributed by atoms with Crippen molar-refractivity contribution in [2.75, 3.05) is 0 Å². The zero-order valence-corrected chi connectivity index (χ0v) is 37.4. The molecule has 4 aromatic heterocycles. The van der Waals surface area contributed by atoms with Gasteiger partial charge in [-0.15, -0.1) is 11.3 Å². The van der Waals surface area contributed by atoms with Crippen molar-refractivity contribution in [2.24, 2.45) is 0 Å². The number of para-hydroxylation sites is 1. The fourth-order valence-electron chi connectivity index (χ4n) is 9.29. The van der Waals surface area contributed by atoms with E-state index < -0.39 is 0 Å². The quantitative estimate of drug-likeness (QED) is 0.152. The number of hydrogen-bond acceptors (Lipinski definition) is 6. The number of rotatable bonds is 8. The third-order valence-electron chi connectivity index (χ3n) is 12.7. The molecule has 9 aromatic carbocycles. The average molecular weight is 887 g/mol. The molecular formula is C62H38N4OS. The zero-order valence-electron chi connectivity index (χ0n) is 36.5. The molecule has 0 bridgehead atoms. The largest absolute Gasteiger partial charge is 0.452 e. The minimum absolute atomic E-state index is 0.638. The van der Waals surface area contributed by atoms with Crippen molar-refractivity contribution in [2.45, 2.75) is 0 Å². The molecule has 0 radical (unpaired) electrons. The number of thiophene rings is 1. The Labute approximate surface area is 396 Å². The summed E-state index contributed by atoms with van der Waals surface area (Å²) in [5, 5.41) is 2.10. The summed E-state index contributed by atoms with van der Waals surface area (Å²) < 4.78 is 8.76. The predicted molar refractivity (Wildman–Crippen MR) is 281 cm³/mol. The van der Waals surface area contributed by atoms with Crippen LogP contribution in [0.15, 0.2) is 235 Å². The fourth-order valence-corrected chi connectivity index (χ4v) is 10.4. The maximum Gasteiger partial charge on any atom is 0.180 e. The Bertz CT molecular complexity index is 3750. The van der Waals surface area contributed by atoms with Crippen LogP contribution >= 0.6 is 11.3 Å². The van der Waals surface area contributed by atoms with E-state index in [1.165, 1.54) is 21.4 Å². The molecule has 0 aliphatic rings. The summed E-state index contributed by atoms with van der Waals surface area (Å²) in [7, 11) is 0. The Morgan fingerprint density at radius 3 is 1.29 bits per heavy atom. The molecule has 0 fully saturated rings. The van der Waals surface area contributed by atoms with E-state index in [1.54, 1.807) is 11.3 Å². The van der Waals surface area contributed by atoms with E-state index in [0.29, 0.717) is 17.2 Å². The Morgan fingerprint density at radius 1 is 0.294 bits per heavy atom. The van der Waals surface area contributed by atoms with Crippen LogP contribution in [0.1, 0.15) is 0 Å². The standard InChI is InChI=1S/C62H38N4OS/c1-3-14-39(15-4-1)41-28-32-43(33-29-41)55-59-57(51-24-7-9-26-53(51)67-59)65-61(63-55)49-22-12-20-47(37-49)45-18-11-19-46(36-45)48-21-13-23-50(38-48)62-64-56(60-58(66-62)52-25-8-10-27-54(52)68-60)44-34-30-42(31-35-44)40-16-5-2-6-17-40/h1-38H. The van der Waals surface area contributed by atoms with Crippen LogP contribution in [-0.4, -0.2) is 19.9 Å². The van der Waals surface area contributed by atoms with E-state index in [-0.39, 0.29) is 0 Å². The van der Waals surface area contributed by atoms with Gasteiger partial charge in [0.1, 0.15) is 16.8 Å². The third kappa shape index (κ3) is 7.12. The number of aromatic nitrogens is 4. The van der Waals surface area contributed by atoms with Crippen molar-refractivity contribution in [3.05, 3.63) is 231 Å². The second-order valence-corrected chi connectivity index (χ2v) is 18.0. The molecule has 318 valence electrons. The third-order valence-corrected chi connectivity index (χ3v) is 13.9. The van der Waals surface area contributed by atoms with Gasteiger partial charge in [0.25, 0.3) is 0 Å². The molecule has 0 amide bonds. The summed E-state index contributed by atoms with van der Waals surface area (Å²) in [5.74, 6) is 1.33. The molecule has 0 N–H and O–H groups in total. The SMILES string of the molecule is c1ccc(-c2ccc(-c3nc(-c4cccc(-c5cccc(-c6cccc(-c7nc(-c8ccc(-c9ccccc9)cc8)c8sc9ccccc9c8n7)c6)c5)c4)nc4c3oc3ccccc34)cc2)cc1. The van der Waals surface area contributed by atoms with Crippen LogP contribution < -0.4 is 0 Å². The van der Waals surface area contributed by atoms with Crippen LogP contribution in [0.25, 0.3) is 132 Å². The molecule has 0 spiro atoms. The van der Waals surface area contributed by atoms with Gasteiger partial charge in [-0.3, -0.25) is 0 Å². The van der Waals surface area contributed by atoms with E-state index in [9.17, 15) is 0 Å². The van der Waals surface area contributed by atoms with E-state index in [2.05, 4.69) is 200 Å². The van der Waals surface area contributed by atoms with Crippen molar-refractivity contribution in [1.82, 2.24) is 19.9 Å². The summed E-state index contributed by atoms with van der Waals surface area (Å²) in [4.78, 5) is 21.0. The number of furan rings is 1. The first-order valence-corrected chi connectivity index (χ1v) is 23.5. The zero-order chi connectivity index (χ0) is 45.0. The number of hydrogen-bond donors (Lipinski definition) is 0. The molecule has 4 heterocycles. The topological polar surface area (TPSA) is 64.7 Å². The van der Waals surface area contributed by atoms with Gasteiger partial charge >= 0.3 is 0 Å². The molecule has 6 heteroatoms. The van der Waals surface area contributed by atoms with Gasteiger partial charge < -0.3 is 4.42 Å². The Morgan fingerprint density at radius 2 is 0.706 bits per heavy atom. The normalized spacial score (nSPS) is 11.5. The second-order valence-electron chi connectivity index (χ2n) is 17.0. The van der Waals surface area contributed by atoms with Crippen LogP contribution in [0.4, 0.5) is 0 Å². The first kappa shape index (κ1) is 39.5. The highest BCUT2D eigenvalue weighted by Crippen LogP contribution is 2.41. The van der Waals surface area contributed by atoms with Gasteiger partial charge in [0.2, 0.25) is 0 Å². The van der Waals surface area contributed by atoms with Gasteiger partial charge in [-0.25, -0.2) is 19.9 Å². The average Bonchev–Trinajstić information content (AvgIpc) is 4.00. The molecule has 0 saturated carbocycles. The fraction of sp³-hybridized carbons (Fsp3) is 0. The van der Waals surface area contributed by atoms with Gasteiger partial charge in [-0.05, 0) is 80.9 Å². The highest BCUT2D eigenvalue weighted by molar-refractivity contribution is 7.26. The van der Waals surface area contributed by atoms with Crippen molar-refractivity contribution in [3.8, 4) is 89.8 Å². The van der Waals surface area contributed by atoms with E-state index in [1.807, 2.05) is 30.3 Å². The minimum Gasteiger partial charge on any atom is -0.452 e. The molecule has 13 rings (SSSR count). The van der Waals surface area contributed by atoms with Crippen molar-refractivity contribution >= 4 is 53.7 Å². The monoisotopic (exact) mass is 886 g/mol. The lowest BCUT2D eigenvalue weighted by Gasteiger charge is -2.11. The van der Waals surface area contributed by atoms with E-state index in [0.717, 1.165) is 93.5 Å². The lowest BCUT2D eigenvalue weighted by molar-refractivity contribution is 0.667. The smallest absolute Gasteiger partial charge is 0.180 e. The molecule has 0 saturated heterocycles. The minimum atomic E-state index is 0.638. The van der Waals surface area contributed by atoms with E-state index >= 15 is 0 Å². The van der Waals surface area contributed by atoms with E-state index in [4.69, 9.17) is 24.4 Å². The summed E-state index contributed by atoms with van der Waals surface area (Å²) in [6, 6.07) is 80.5. The Kier molecular flexibility index (Phi) is 9.62. The predicted octanol–water partition coefficient (Wildman–Crippen LogP) is 16.9. The second kappa shape index (κ2) is 16.5. The summed E-state index contributed by atoms with van der Waals surface area (Å²) >= 11 is 1.75. The maximum atomic E-state index is 6.47. The van der Waals surface area contributed by atoms with Gasteiger partial charge in [-0.2, -0.15) is 0 Å². The molecule has 0 unspecified atom stereocenters. The number of fused-ring (bicyclic) bond motifs is 6. The van der Waals surface area contributed by atoms with Gasteiger partial charge in [-0.1, -0.05) is 194 Å². The molecule has 0 atom stereocenters.